The highest BCUT2D eigenvalue weighted by atomic mass is 19.1. The molecule has 0 aliphatic heterocycles. The third kappa shape index (κ3) is 2.60. The lowest BCUT2D eigenvalue weighted by molar-refractivity contribution is 0.305. The molecule has 0 fully saturated rings. The number of rotatable bonds is 3. The molecule has 0 aliphatic rings. The van der Waals surface area contributed by atoms with Gasteiger partial charge in [0.15, 0.2) is 0 Å². The molecule has 0 amide bonds. The molecule has 16 heavy (non-hydrogen) atoms. The predicted octanol–water partition coefficient (Wildman–Crippen LogP) is 3.51. The molecule has 2 aromatic rings. The maximum absolute atomic E-state index is 12.9. The minimum atomic E-state index is -0.212. The molecule has 81 valence electrons. The van der Waals surface area contributed by atoms with Crippen molar-refractivity contribution in [2.24, 2.45) is 0 Å². The van der Waals surface area contributed by atoms with Gasteiger partial charge in [-0.3, -0.25) is 0 Å². The Morgan fingerprint density at radius 3 is 2.62 bits per heavy atom. The van der Waals surface area contributed by atoms with Gasteiger partial charge < -0.3 is 4.74 Å². The normalized spacial score (nSPS) is 10.1. The average molecular weight is 215 g/mol. The second kappa shape index (κ2) is 4.79. The fourth-order valence-electron chi connectivity index (χ4n) is 1.45. The SMILES string of the molecule is Cc1cc(F)ccc1COc1cc[c]cc1. The fraction of sp³-hybridized carbons (Fsp3) is 0.143. The van der Waals surface area contributed by atoms with E-state index >= 15 is 0 Å². The van der Waals surface area contributed by atoms with Crippen molar-refractivity contribution in [2.75, 3.05) is 0 Å². The smallest absolute Gasteiger partial charge is 0.123 e. The Labute approximate surface area is 94.5 Å². The molecule has 1 radical (unpaired) electrons. The number of halogens is 1. The average Bonchev–Trinajstić information content (AvgIpc) is 2.29. The summed E-state index contributed by atoms with van der Waals surface area (Å²) in [7, 11) is 0. The molecule has 0 aliphatic carbocycles. The zero-order chi connectivity index (χ0) is 11.4. The van der Waals surface area contributed by atoms with Crippen LogP contribution in [0.4, 0.5) is 4.39 Å². The maximum Gasteiger partial charge on any atom is 0.123 e. The summed E-state index contributed by atoms with van der Waals surface area (Å²) in [6.07, 6.45) is 0. The van der Waals surface area contributed by atoms with Crippen molar-refractivity contribution >= 4 is 0 Å². The Morgan fingerprint density at radius 1 is 1.19 bits per heavy atom. The largest absolute Gasteiger partial charge is 0.489 e. The Kier molecular flexibility index (Phi) is 3.20. The minimum absolute atomic E-state index is 0.212. The van der Waals surface area contributed by atoms with E-state index in [1.54, 1.807) is 18.2 Å². The number of hydrogen-bond donors (Lipinski definition) is 0. The van der Waals surface area contributed by atoms with E-state index in [9.17, 15) is 4.39 Å². The van der Waals surface area contributed by atoms with Gasteiger partial charge in [-0.25, -0.2) is 4.39 Å². The molecular weight excluding hydrogens is 203 g/mol. The first kappa shape index (κ1) is 10.7. The highest BCUT2D eigenvalue weighted by Gasteiger charge is 2.00. The van der Waals surface area contributed by atoms with Crippen LogP contribution >= 0.6 is 0 Å². The Balaban J connectivity index is 2.05. The molecule has 2 heteroatoms. The van der Waals surface area contributed by atoms with E-state index in [1.807, 2.05) is 19.1 Å². The van der Waals surface area contributed by atoms with E-state index in [0.717, 1.165) is 16.9 Å². The Bertz CT molecular complexity index is 465. The molecule has 0 saturated carbocycles. The van der Waals surface area contributed by atoms with Gasteiger partial charge in [-0.15, -0.1) is 0 Å². The molecule has 0 bridgehead atoms. The van der Waals surface area contributed by atoms with Crippen molar-refractivity contribution in [3.63, 3.8) is 0 Å². The molecule has 2 rings (SSSR count). The zero-order valence-electron chi connectivity index (χ0n) is 9.03. The van der Waals surface area contributed by atoms with Crippen LogP contribution in [0.1, 0.15) is 11.1 Å². The lowest BCUT2D eigenvalue weighted by Gasteiger charge is -2.08. The topological polar surface area (TPSA) is 9.23 Å². The molecule has 0 spiro atoms. The number of benzene rings is 2. The number of hydrogen-bond acceptors (Lipinski definition) is 1. The fourth-order valence-corrected chi connectivity index (χ4v) is 1.45. The first-order valence-electron chi connectivity index (χ1n) is 5.09. The van der Waals surface area contributed by atoms with Gasteiger partial charge in [0.25, 0.3) is 0 Å². The summed E-state index contributed by atoms with van der Waals surface area (Å²) in [6, 6.07) is 14.9. The van der Waals surface area contributed by atoms with Crippen molar-refractivity contribution in [1.29, 1.82) is 0 Å². The van der Waals surface area contributed by atoms with E-state index in [4.69, 9.17) is 4.74 Å². The summed E-state index contributed by atoms with van der Waals surface area (Å²) in [5.74, 6) is 0.582. The lowest BCUT2D eigenvalue weighted by atomic mass is 10.1. The number of aryl methyl sites for hydroxylation is 1. The second-order valence-corrected chi connectivity index (χ2v) is 3.60. The summed E-state index contributed by atoms with van der Waals surface area (Å²) in [5, 5.41) is 0. The standard InChI is InChI=1S/C14H12FO/c1-11-9-13(15)8-7-12(11)10-16-14-5-3-2-4-6-14/h3-9H,10H2,1H3. The van der Waals surface area contributed by atoms with Crippen LogP contribution in [0.5, 0.6) is 5.75 Å². The van der Waals surface area contributed by atoms with Crippen LogP contribution in [0.2, 0.25) is 0 Å². The third-order valence-electron chi connectivity index (χ3n) is 2.39. The molecule has 0 aromatic heterocycles. The van der Waals surface area contributed by atoms with Crippen LogP contribution in [-0.4, -0.2) is 0 Å². The summed E-state index contributed by atoms with van der Waals surface area (Å²) < 4.78 is 18.4. The molecule has 0 N–H and O–H groups in total. The predicted molar refractivity (Wildman–Crippen MR) is 60.7 cm³/mol. The van der Waals surface area contributed by atoms with E-state index in [-0.39, 0.29) is 5.82 Å². The first-order chi connectivity index (χ1) is 7.75. The lowest BCUT2D eigenvalue weighted by Crippen LogP contribution is -1.98. The van der Waals surface area contributed by atoms with Crippen molar-refractivity contribution < 1.29 is 9.13 Å². The molecule has 2 aromatic carbocycles. The van der Waals surface area contributed by atoms with Gasteiger partial charge in [0.2, 0.25) is 0 Å². The van der Waals surface area contributed by atoms with Crippen LogP contribution in [0.25, 0.3) is 0 Å². The summed E-state index contributed by atoms with van der Waals surface area (Å²) in [4.78, 5) is 0. The van der Waals surface area contributed by atoms with Crippen molar-refractivity contribution in [2.45, 2.75) is 13.5 Å². The van der Waals surface area contributed by atoms with Gasteiger partial charge in [-0.05, 0) is 48.4 Å². The number of ether oxygens (including phenoxy) is 1. The summed E-state index contributed by atoms with van der Waals surface area (Å²) in [5.41, 5.74) is 1.90. The molecule has 1 nitrogen and oxygen atoms in total. The van der Waals surface area contributed by atoms with E-state index in [0.29, 0.717) is 6.61 Å². The van der Waals surface area contributed by atoms with Crippen molar-refractivity contribution in [3.05, 3.63) is 65.5 Å². The van der Waals surface area contributed by atoms with Gasteiger partial charge in [0.05, 0.1) is 0 Å². The molecule has 0 saturated heterocycles. The van der Waals surface area contributed by atoms with Crippen molar-refractivity contribution in [1.82, 2.24) is 0 Å². The Hall–Kier alpha value is -1.83. The van der Waals surface area contributed by atoms with Crippen molar-refractivity contribution in [3.8, 4) is 5.75 Å². The Morgan fingerprint density at radius 2 is 1.94 bits per heavy atom. The molecule has 0 unspecified atom stereocenters. The second-order valence-electron chi connectivity index (χ2n) is 3.60. The summed E-state index contributed by atoms with van der Waals surface area (Å²) >= 11 is 0. The first-order valence-corrected chi connectivity index (χ1v) is 5.09. The van der Waals surface area contributed by atoms with Gasteiger partial charge >= 0.3 is 0 Å². The quantitative estimate of drug-likeness (QED) is 0.761. The van der Waals surface area contributed by atoms with Crippen LogP contribution in [-0.2, 0) is 6.61 Å². The van der Waals surface area contributed by atoms with E-state index < -0.39 is 0 Å². The van der Waals surface area contributed by atoms with E-state index in [1.165, 1.54) is 12.1 Å². The highest BCUT2D eigenvalue weighted by molar-refractivity contribution is 5.27. The minimum Gasteiger partial charge on any atom is -0.489 e. The van der Waals surface area contributed by atoms with Gasteiger partial charge in [0.1, 0.15) is 18.2 Å². The van der Waals surface area contributed by atoms with Gasteiger partial charge in [-0.2, -0.15) is 0 Å². The molecule has 0 atom stereocenters. The van der Waals surface area contributed by atoms with Gasteiger partial charge in [0, 0.05) is 0 Å². The monoisotopic (exact) mass is 215 g/mol. The van der Waals surface area contributed by atoms with Crippen LogP contribution < -0.4 is 4.74 Å². The molecular formula is C14H12FO. The highest BCUT2D eigenvalue weighted by Crippen LogP contribution is 2.14. The van der Waals surface area contributed by atoms with E-state index in [2.05, 4.69) is 6.07 Å². The van der Waals surface area contributed by atoms with Gasteiger partial charge in [-0.1, -0.05) is 18.2 Å². The third-order valence-corrected chi connectivity index (χ3v) is 2.39. The van der Waals surface area contributed by atoms with Crippen LogP contribution in [0.3, 0.4) is 0 Å². The van der Waals surface area contributed by atoms with Crippen LogP contribution in [0.15, 0.2) is 42.5 Å². The molecule has 0 heterocycles. The van der Waals surface area contributed by atoms with Crippen LogP contribution in [0, 0.1) is 18.8 Å². The summed E-state index contributed by atoms with van der Waals surface area (Å²) in [6.45, 7) is 2.33. The zero-order valence-corrected chi connectivity index (χ0v) is 9.03. The maximum atomic E-state index is 12.9.